The molecular formula is C21H15BrClN5OS. The van der Waals surface area contributed by atoms with Gasteiger partial charge in [-0.3, -0.25) is 14.3 Å². The number of hydrogen-bond donors (Lipinski definition) is 1. The molecule has 2 aromatic heterocycles. The van der Waals surface area contributed by atoms with Crippen molar-refractivity contribution in [2.45, 2.75) is 5.16 Å². The van der Waals surface area contributed by atoms with Gasteiger partial charge < -0.3 is 5.32 Å². The Morgan fingerprint density at radius 2 is 1.90 bits per heavy atom. The molecule has 1 N–H and O–H groups in total. The van der Waals surface area contributed by atoms with Gasteiger partial charge in [-0.2, -0.15) is 0 Å². The Balaban J connectivity index is 1.59. The summed E-state index contributed by atoms with van der Waals surface area (Å²) in [5, 5.41) is 12.7. The first kappa shape index (κ1) is 20.6. The van der Waals surface area contributed by atoms with Crippen LogP contribution in [-0.4, -0.2) is 31.4 Å². The SMILES string of the molecule is O=C(CSc1nnc(-c2ccccn2)n1-c1ccc(Cl)cc1)Nc1cccc(Br)c1. The largest absolute Gasteiger partial charge is 0.325 e. The fraction of sp³-hybridized carbons (Fsp3) is 0.0476. The lowest BCUT2D eigenvalue weighted by Crippen LogP contribution is -2.14. The molecule has 0 saturated carbocycles. The summed E-state index contributed by atoms with van der Waals surface area (Å²) in [5.41, 5.74) is 2.24. The number of carbonyl (C=O) groups is 1. The van der Waals surface area contributed by atoms with E-state index in [2.05, 4.69) is 36.4 Å². The van der Waals surface area contributed by atoms with Crippen molar-refractivity contribution in [3.05, 3.63) is 82.4 Å². The second-order valence-electron chi connectivity index (χ2n) is 6.18. The van der Waals surface area contributed by atoms with Crippen LogP contribution in [0.5, 0.6) is 0 Å². The Kier molecular flexibility index (Phi) is 6.47. The quantitative estimate of drug-likeness (QED) is 0.355. The monoisotopic (exact) mass is 499 g/mol. The van der Waals surface area contributed by atoms with E-state index in [0.717, 1.165) is 15.8 Å². The van der Waals surface area contributed by atoms with Crippen LogP contribution in [0, 0.1) is 0 Å². The molecule has 9 heteroatoms. The van der Waals surface area contributed by atoms with Crippen molar-refractivity contribution in [1.82, 2.24) is 19.7 Å². The maximum Gasteiger partial charge on any atom is 0.234 e. The molecule has 30 heavy (non-hydrogen) atoms. The molecule has 0 aliphatic heterocycles. The van der Waals surface area contributed by atoms with Crippen LogP contribution in [0.15, 0.2) is 82.6 Å². The topological polar surface area (TPSA) is 72.7 Å². The molecule has 0 spiro atoms. The van der Waals surface area contributed by atoms with E-state index in [4.69, 9.17) is 11.6 Å². The molecule has 0 aliphatic carbocycles. The minimum absolute atomic E-state index is 0.136. The summed E-state index contributed by atoms with van der Waals surface area (Å²) < 4.78 is 2.77. The summed E-state index contributed by atoms with van der Waals surface area (Å²) in [5.74, 6) is 0.636. The third kappa shape index (κ3) is 4.89. The summed E-state index contributed by atoms with van der Waals surface area (Å²) in [7, 11) is 0. The maximum absolute atomic E-state index is 12.4. The summed E-state index contributed by atoms with van der Waals surface area (Å²) in [6, 6.07) is 20.4. The zero-order chi connectivity index (χ0) is 20.9. The van der Waals surface area contributed by atoms with Gasteiger partial charge in [-0.25, -0.2) is 0 Å². The number of rotatable bonds is 6. The van der Waals surface area contributed by atoms with Gasteiger partial charge in [0.1, 0.15) is 5.69 Å². The van der Waals surface area contributed by atoms with Crippen molar-refractivity contribution < 1.29 is 4.79 Å². The maximum atomic E-state index is 12.4. The molecule has 0 saturated heterocycles. The number of hydrogen-bond acceptors (Lipinski definition) is 5. The van der Waals surface area contributed by atoms with Crippen molar-refractivity contribution >= 4 is 50.9 Å². The van der Waals surface area contributed by atoms with Gasteiger partial charge in [0.25, 0.3) is 0 Å². The number of carbonyl (C=O) groups excluding carboxylic acids is 1. The lowest BCUT2D eigenvalue weighted by atomic mass is 10.3. The van der Waals surface area contributed by atoms with E-state index in [1.807, 2.05) is 59.2 Å². The van der Waals surface area contributed by atoms with Gasteiger partial charge in [-0.15, -0.1) is 10.2 Å². The molecule has 0 fully saturated rings. The van der Waals surface area contributed by atoms with Crippen LogP contribution in [0.4, 0.5) is 5.69 Å². The van der Waals surface area contributed by atoms with E-state index in [1.165, 1.54) is 11.8 Å². The number of benzene rings is 2. The molecule has 6 nitrogen and oxygen atoms in total. The third-order valence-corrected chi connectivity index (χ3v) is 5.73. The summed E-state index contributed by atoms with van der Waals surface area (Å²) in [4.78, 5) is 16.8. The van der Waals surface area contributed by atoms with Crippen LogP contribution in [-0.2, 0) is 4.79 Å². The predicted octanol–water partition coefficient (Wildman–Crippen LogP) is 5.48. The molecule has 1 amide bonds. The van der Waals surface area contributed by atoms with Crippen LogP contribution in [0.2, 0.25) is 5.02 Å². The van der Waals surface area contributed by atoms with E-state index >= 15 is 0 Å². The molecule has 4 aromatic rings. The zero-order valence-corrected chi connectivity index (χ0v) is 18.7. The van der Waals surface area contributed by atoms with Crippen molar-refractivity contribution in [2.75, 3.05) is 11.1 Å². The zero-order valence-electron chi connectivity index (χ0n) is 15.5. The van der Waals surface area contributed by atoms with Crippen molar-refractivity contribution in [3.8, 4) is 17.2 Å². The molecule has 0 atom stereocenters. The van der Waals surface area contributed by atoms with Crippen molar-refractivity contribution in [3.63, 3.8) is 0 Å². The molecular weight excluding hydrogens is 486 g/mol. The second kappa shape index (κ2) is 9.42. The number of halogens is 2. The van der Waals surface area contributed by atoms with Crippen LogP contribution >= 0.6 is 39.3 Å². The molecule has 0 radical (unpaired) electrons. The second-order valence-corrected chi connectivity index (χ2v) is 8.47. The Hall–Kier alpha value is -2.68. The highest BCUT2D eigenvalue weighted by atomic mass is 79.9. The molecule has 4 rings (SSSR count). The Morgan fingerprint density at radius 3 is 2.63 bits per heavy atom. The third-order valence-electron chi connectivity index (χ3n) is 4.05. The van der Waals surface area contributed by atoms with Crippen LogP contribution in [0.3, 0.4) is 0 Å². The Labute approximate surface area is 190 Å². The number of amides is 1. The fourth-order valence-corrected chi connectivity index (χ4v) is 4.02. The summed E-state index contributed by atoms with van der Waals surface area (Å²) >= 11 is 10.7. The first-order valence-corrected chi connectivity index (χ1v) is 11.1. The van der Waals surface area contributed by atoms with Gasteiger partial charge in [0, 0.05) is 27.1 Å². The van der Waals surface area contributed by atoms with E-state index in [0.29, 0.717) is 21.7 Å². The number of thioether (sulfide) groups is 1. The molecule has 0 aliphatic rings. The number of anilines is 1. The van der Waals surface area contributed by atoms with Gasteiger partial charge in [0.15, 0.2) is 11.0 Å². The van der Waals surface area contributed by atoms with E-state index < -0.39 is 0 Å². The average molecular weight is 501 g/mol. The first-order chi connectivity index (χ1) is 14.6. The van der Waals surface area contributed by atoms with Gasteiger partial charge in [0.05, 0.1) is 5.75 Å². The number of nitrogens with zero attached hydrogens (tertiary/aromatic N) is 4. The molecule has 150 valence electrons. The van der Waals surface area contributed by atoms with Gasteiger partial charge in [-0.05, 0) is 54.6 Å². The van der Waals surface area contributed by atoms with Gasteiger partial charge >= 0.3 is 0 Å². The molecule has 0 unspecified atom stereocenters. The molecule has 0 bridgehead atoms. The van der Waals surface area contributed by atoms with E-state index in [1.54, 1.807) is 18.3 Å². The van der Waals surface area contributed by atoms with Crippen LogP contribution in [0.1, 0.15) is 0 Å². The first-order valence-electron chi connectivity index (χ1n) is 8.91. The summed E-state index contributed by atoms with van der Waals surface area (Å²) in [6.07, 6.45) is 1.70. The van der Waals surface area contributed by atoms with Gasteiger partial charge in [0.2, 0.25) is 5.91 Å². The lowest BCUT2D eigenvalue weighted by Gasteiger charge is -2.10. The highest BCUT2D eigenvalue weighted by Gasteiger charge is 2.18. The predicted molar refractivity (Wildman–Crippen MR) is 123 cm³/mol. The van der Waals surface area contributed by atoms with Crippen molar-refractivity contribution in [2.24, 2.45) is 0 Å². The number of pyridine rings is 1. The highest BCUT2D eigenvalue weighted by Crippen LogP contribution is 2.28. The van der Waals surface area contributed by atoms with Crippen molar-refractivity contribution in [1.29, 1.82) is 0 Å². The van der Waals surface area contributed by atoms with Gasteiger partial charge in [-0.1, -0.05) is 51.4 Å². The van der Waals surface area contributed by atoms with Crippen LogP contribution in [0.25, 0.3) is 17.2 Å². The minimum Gasteiger partial charge on any atom is -0.325 e. The molecule has 2 aromatic carbocycles. The minimum atomic E-state index is -0.136. The highest BCUT2D eigenvalue weighted by molar-refractivity contribution is 9.10. The molecule has 2 heterocycles. The number of aromatic nitrogens is 4. The van der Waals surface area contributed by atoms with E-state index in [-0.39, 0.29) is 11.7 Å². The smallest absolute Gasteiger partial charge is 0.234 e. The normalized spacial score (nSPS) is 10.7. The standard InChI is InChI=1S/C21H15BrClN5OS/c22-14-4-3-5-16(12-14)25-19(29)13-30-21-27-26-20(18-6-1-2-11-24-18)28(21)17-9-7-15(23)8-10-17/h1-12H,13H2,(H,25,29). The Bertz CT molecular complexity index is 1170. The number of nitrogens with one attached hydrogen (secondary N) is 1. The van der Waals surface area contributed by atoms with Crippen LogP contribution < -0.4 is 5.32 Å². The lowest BCUT2D eigenvalue weighted by molar-refractivity contribution is -0.113. The fourth-order valence-electron chi connectivity index (χ4n) is 2.74. The Morgan fingerprint density at radius 1 is 1.07 bits per heavy atom. The average Bonchev–Trinajstić information content (AvgIpc) is 3.17. The van der Waals surface area contributed by atoms with E-state index in [9.17, 15) is 4.79 Å². The summed E-state index contributed by atoms with van der Waals surface area (Å²) in [6.45, 7) is 0.